The first-order valence-corrected chi connectivity index (χ1v) is 12.8. The minimum Gasteiger partial charge on any atom is -0.359 e. The van der Waals surface area contributed by atoms with E-state index in [-0.39, 0.29) is 28.4 Å². The first kappa shape index (κ1) is 20.1. The van der Waals surface area contributed by atoms with Crippen molar-refractivity contribution in [3.63, 3.8) is 0 Å². The Morgan fingerprint density at radius 1 is 1.18 bits per heavy atom. The number of hydrogen-bond donors (Lipinski definition) is 2. The number of ether oxygens (including phenoxy) is 1. The molecule has 0 aromatic heterocycles. The van der Waals surface area contributed by atoms with Gasteiger partial charge in [0.15, 0.2) is 5.44 Å². The molecule has 10 heteroatoms. The Hall–Kier alpha value is -1.20. The Labute approximate surface area is 166 Å². The predicted octanol–water partition coefficient (Wildman–Crippen LogP) is 1.04. The summed E-state index contributed by atoms with van der Waals surface area (Å²) in [5.74, 6) is 0.256. The molecule has 0 bridgehead atoms. The number of rotatable bonds is 3. The van der Waals surface area contributed by atoms with Crippen molar-refractivity contribution in [1.29, 1.82) is 0 Å². The van der Waals surface area contributed by atoms with Crippen LogP contribution in [-0.4, -0.2) is 55.2 Å². The monoisotopic (exact) mass is 429 g/mol. The van der Waals surface area contributed by atoms with E-state index in [0.717, 1.165) is 25.7 Å². The van der Waals surface area contributed by atoms with Gasteiger partial charge in [-0.25, -0.2) is 16.8 Å². The van der Waals surface area contributed by atoms with Crippen LogP contribution >= 0.6 is 0 Å². The van der Waals surface area contributed by atoms with Gasteiger partial charge in [-0.2, -0.15) is 4.72 Å². The van der Waals surface area contributed by atoms with Gasteiger partial charge in [-0.15, -0.1) is 0 Å². The van der Waals surface area contributed by atoms with E-state index in [1.807, 2.05) is 11.9 Å². The molecule has 1 saturated carbocycles. The fourth-order valence-electron chi connectivity index (χ4n) is 4.38. The predicted molar refractivity (Wildman–Crippen MR) is 105 cm³/mol. The number of benzene rings is 1. The summed E-state index contributed by atoms with van der Waals surface area (Å²) in [6.45, 7) is 1.09. The van der Waals surface area contributed by atoms with E-state index >= 15 is 0 Å². The molecule has 2 N–H and O–H groups in total. The number of nitrogens with one attached hydrogen (secondary N) is 2. The maximum atomic E-state index is 13.0. The number of nitrogens with zero attached hydrogens (tertiary/aromatic N) is 1. The molecule has 1 aromatic rings. The lowest BCUT2D eigenvalue weighted by Gasteiger charge is -2.42. The van der Waals surface area contributed by atoms with Gasteiger partial charge in [0, 0.05) is 20.1 Å². The molecule has 2 heterocycles. The van der Waals surface area contributed by atoms with Crippen LogP contribution in [0.1, 0.15) is 32.1 Å². The molecule has 2 unspecified atom stereocenters. The van der Waals surface area contributed by atoms with Crippen LogP contribution in [0.25, 0.3) is 0 Å². The Kier molecular flexibility index (Phi) is 5.43. The second kappa shape index (κ2) is 7.56. The highest BCUT2D eigenvalue weighted by atomic mass is 32.2. The lowest BCUT2D eigenvalue weighted by Crippen LogP contribution is -2.55. The molecular formula is C18H27N3O5S2. The van der Waals surface area contributed by atoms with Crippen molar-refractivity contribution in [3.8, 4) is 0 Å². The average Bonchev–Trinajstić information content (AvgIpc) is 2.72. The highest BCUT2D eigenvalue weighted by Crippen LogP contribution is 2.37. The van der Waals surface area contributed by atoms with Gasteiger partial charge in [0.25, 0.3) is 0 Å². The minimum absolute atomic E-state index is 0.00639. The topological polar surface area (TPSA) is 105 Å². The summed E-state index contributed by atoms with van der Waals surface area (Å²) in [7, 11) is -5.73. The van der Waals surface area contributed by atoms with Gasteiger partial charge in [-0.1, -0.05) is 19.3 Å². The van der Waals surface area contributed by atoms with E-state index in [1.165, 1.54) is 18.6 Å². The van der Waals surface area contributed by atoms with Crippen LogP contribution in [0.3, 0.4) is 0 Å². The van der Waals surface area contributed by atoms with Crippen molar-refractivity contribution in [1.82, 2.24) is 10.0 Å². The normalized spacial score (nSPS) is 28.7. The van der Waals surface area contributed by atoms with Crippen LogP contribution in [0.5, 0.6) is 0 Å². The summed E-state index contributed by atoms with van der Waals surface area (Å²) in [4.78, 5) is 1.91. The van der Waals surface area contributed by atoms with E-state index in [4.69, 9.17) is 4.74 Å². The summed E-state index contributed by atoms with van der Waals surface area (Å²) in [6.07, 6.45) is 5.09. The third-order valence-electron chi connectivity index (χ3n) is 5.96. The van der Waals surface area contributed by atoms with Gasteiger partial charge in [-0.05, 0) is 37.0 Å². The van der Waals surface area contributed by atoms with Gasteiger partial charge in [-0.3, -0.25) is 0 Å². The molecule has 28 heavy (non-hydrogen) atoms. The lowest BCUT2D eigenvalue weighted by atomic mass is 9.86. The van der Waals surface area contributed by atoms with Gasteiger partial charge >= 0.3 is 0 Å². The smallest absolute Gasteiger partial charge is 0.244 e. The average molecular weight is 430 g/mol. The Balaban J connectivity index is 1.69. The Morgan fingerprint density at radius 3 is 2.61 bits per heavy atom. The fourth-order valence-corrected chi connectivity index (χ4v) is 7.48. The van der Waals surface area contributed by atoms with Crippen LogP contribution in [-0.2, 0) is 24.6 Å². The third-order valence-corrected chi connectivity index (χ3v) is 9.32. The molecule has 0 radical (unpaired) electrons. The first-order valence-electron chi connectivity index (χ1n) is 9.76. The SMILES string of the molecule is CN1c2ccc(S(=O)(=O)C3CNCCO3)cc2S(=O)(=O)NC1C1CCCCC1. The largest absolute Gasteiger partial charge is 0.359 e. The second-order valence-corrected chi connectivity index (χ2v) is 11.5. The first-order chi connectivity index (χ1) is 13.3. The number of fused-ring (bicyclic) bond motifs is 1. The molecule has 8 nitrogen and oxygen atoms in total. The number of sulfone groups is 1. The lowest BCUT2D eigenvalue weighted by molar-refractivity contribution is 0.0785. The highest BCUT2D eigenvalue weighted by molar-refractivity contribution is 7.92. The number of hydrogen-bond acceptors (Lipinski definition) is 7. The molecule has 0 amide bonds. The van der Waals surface area contributed by atoms with Crippen LogP contribution in [0.4, 0.5) is 5.69 Å². The van der Waals surface area contributed by atoms with Crippen LogP contribution in [0.15, 0.2) is 28.0 Å². The van der Waals surface area contributed by atoms with Gasteiger partial charge < -0.3 is 15.0 Å². The molecule has 156 valence electrons. The summed E-state index contributed by atoms with van der Waals surface area (Å²) in [5, 5.41) is 3.00. The molecule has 3 aliphatic rings. The molecule has 0 spiro atoms. The second-order valence-electron chi connectivity index (χ2n) is 7.75. The number of sulfonamides is 1. The molecule has 1 aliphatic carbocycles. The standard InChI is InChI=1S/C18H27N3O5S2/c1-21-15-8-7-14(27(22,23)17-12-19-9-10-26-17)11-16(15)28(24,25)20-18(21)13-5-3-2-4-6-13/h7-8,11,13,17-20H,2-6,9-10,12H2,1H3. The summed E-state index contributed by atoms with van der Waals surface area (Å²) < 4.78 is 59.8. The molecule has 2 aliphatic heterocycles. The van der Waals surface area contributed by atoms with E-state index < -0.39 is 25.3 Å². The minimum atomic E-state index is -3.80. The maximum absolute atomic E-state index is 13.0. The zero-order chi connectivity index (χ0) is 19.9. The van der Waals surface area contributed by atoms with Gasteiger partial charge in [0.2, 0.25) is 19.9 Å². The maximum Gasteiger partial charge on any atom is 0.244 e. The zero-order valence-electron chi connectivity index (χ0n) is 15.9. The fraction of sp³-hybridized carbons (Fsp3) is 0.667. The van der Waals surface area contributed by atoms with Crippen LogP contribution < -0.4 is 14.9 Å². The van der Waals surface area contributed by atoms with Crippen LogP contribution in [0, 0.1) is 5.92 Å². The van der Waals surface area contributed by atoms with Crippen LogP contribution in [0.2, 0.25) is 0 Å². The van der Waals surface area contributed by atoms with Crippen molar-refractivity contribution < 1.29 is 21.6 Å². The third kappa shape index (κ3) is 3.56. The van der Waals surface area contributed by atoms with Gasteiger partial charge in [0.1, 0.15) is 4.90 Å². The van der Waals surface area contributed by atoms with Crippen molar-refractivity contribution in [2.75, 3.05) is 31.6 Å². The van der Waals surface area contributed by atoms with E-state index in [9.17, 15) is 16.8 Å². The van der Waals surface area contributed by atoms with Crippen molar-refractivity contribution in [2.24, 2.45) is 5.92 Å². The van der Waals surface area contributed by atoms with Crippen molar-refractivity contribution >= 4 is 25.5 Å². The van der Waals surface area contributed by atoms with E-state index in [2.05, 4.69) is 10.0 Å². The summed E-state index contributed by atoms with van der Waals surface area (Å²) >= 11 is 0. The zero-order valence-corrected chi connectivity index (χ0v) is 17.6. The number of morpholine rings is 1. The molecule has 1 saturated heterocycles. The molecule has 2 fully saturated rings. The summed E-state index contributed by atoms with van der Waals surface area (Å²) in [5.41, 5.74) is -0.470. The van der Waals surface area contributed by atoms with E-state index in [1.54, 1.807) is 6.07 Å². The Bertz CT molecular complexity index is 936. The Morgan fingerprint density at radius 2 is 1.93 bits per heavy atom. The number of anilines is 1. The van der Waals surface area contributed by atoms with Crippen molar-refractivity contribution in [3.05, 3.63) is 18.2 Å². The molecule has 4 rings (SSSR count). The molecule has 1 aromatic carbocycles. The van der Waals surface area contributed by atoms with Crippen molar-refractivity contribution in [2.45, 2.75) is 53.5 Å². The summed E-state index contributed by atoms with van der Waals surface area (Å²) in [6, 6.07) is 4.35. The molecule has 2 atom stereocenters. The quantitative estimate of drug-likeness (QED) is 0.740. The molecular weight excluding hydrogens is 402 g/mol. The van der Waals surface area contributed by atoms with Gasteiger partial charge in [0.05, 0.1) is 23.4 Å². The van der Waals surface area contributed by atoms with E-state index in [0.29, 0.717) is 18.8 Å². The highest BCUT2D eigenvalue weighted by Gasteiger charge is 2.39.